The minimum atomic E-state index is -0.898. The van der Waals surface area contributed by atoms with Gasteiger partial charge >= 0.3 is 5.97 Å². The van der Waals surface area contributed by atoms with Gasteiger partial charge in [-0.3, -0.25) is 0 Å². The Balaban J connectivity index is 2.10. The van der Waals surface area contributed by atoms with E-state index in [4.69, 9.17) is 0 Å². The first kappa shape index (κ1) is 13.5. The fourth-order valence-corrected chi connectivity index (χ4v) is 3.18. The monoisotopic (exact) mass is 298 g/mol. The van der Waals surface area contributed by atoms with E-state index in [-0.39, 0.29) is 0 Å². The van der Waals surface area contributed by atoms with Crippen LogP contribution in [0, 0.1) is 0 Å². The SMILES string of the molecule is O=C(O)c1ccc(-c2cccc3ccccc23)c2ccccc12. The molecule has 0 heterocycles. The van der Waals surface area contributed by atoms with E-state index < -0.39 is 5.97 Å². The predicted molar refractivity (Wildman–Crippen MR) is 93.8 cm³/mol. The maximum absolute atomic E-state index is 11.5. The van der Waals surface area contributed by atoms with Gasteiger partial charge in [-0.15, -0.1) is 0 Å². The van der Waals surface area contributed by atoms with E-state index in [1.165, 1.54) is 10.8 Å². The molecule has 2 nitrogen and oxygen atoms in total. The number of carbonyl (C=O) groups is 1. The second-order valence-corrected chi connectivity index (χ2v) is 5.54. The first-order valence-electron chi connectivity index (χ1n) is 7.49. The van der Waals surface area contributed by atoms with E-state index in [1.54, 1.807) is 6.07 Å². The highest BCUT2D eigenvalue weighted by atomic mass is 16.4. The number of rotatable bonds is 2. The number of carboxylic acid groups (broad SMARTS) is 1. The highest BCUT2D eigenvalue weighted by molar-refractivity contribution is 6.11. The largest absolute Gasteiger partial charge is 0.478 e. The molecule has 2 heteroatoms. The van der Waals surface area contributed by atoms with Crippen molar-refractivity contribution in [1.82, 2.24) is 0 Å². The molecule has 110 valence electrons. The van der Waals surface area contributed by atoms with Crippen LogP contribution in [0.2, 0.25) is 0 Å². The van der Waals surface area contributed by atoms with Crippen molar-refractivity contribution in [3.63, 3.8) is 0 Å². The maximum Gasteiger partial charge on any atom is 0.336 e. The Morgan fingerprint density at radius 1 is 0.609 bits per heavy atom. The molecule has 0 radical (unpaired) electrons. The molecule has 0 spiro atoms. The molecule has 0 aliphatic heterocycles. The molecule has 0 amide bonds. The van der Waals surface area contributed by atoms with Crippen LogP contribution >= 0.6 is 0 Å². The standard InChI is InChI=1S/C21H14O2/c22-21(23)20-13-12-19(17-9-3-4-10-18(17)20)16-11-5-7-14-6-1-2-8-15(14)16/h1-13H,(H,22,23). The summed E-state index contributed by atoms with van der Waals surface area (Å²) in [7, 11) is 0. The second-order valence-electron chi connectivity index (χ2n) is 5.54. The quantitative estimate of drug-likeness (QED) is 0.541. The Morgan fingerprint density at radius 3 is 2.00 bits per heavy atom. The molecule has 0 unspecified atom stereocenters. The summed E-state index contributed by atoms with van der Waals surface area (Å²) in [6.07, 6.45) is 0. The topological polar surface area (TPSA) is 37.3 Å². The maximum atomic E-state index is 11.5. The van der Waals surface area contributed by atoms with E-state index in [0.29, 0.717) is 5.56 Å². The normalized spacial score (nSPS) is 11.0. The van der Waals surface area contributed by atoms with Crippen LogP contribution in [0.25, 0.3) is 32.7 Å². The zero-order chi connectivity index (χ0) is 15.8. The lowest BCUT2D eigenvalue weighted by Crippen LogP contribution is -1.98. The molecule has 4 rings (SSSR count). The lowest BCUT2D eigenvalue weighted by atomic mass is 9.92. The third-order valence-corrected chi connectivity index (χ3v) is 4.23. The summed E-state index contributed by atoms with van der Waals surface area (Å²) < 4.78 is 0. The van der Waals surface area contributed by atoms with E-state index >= 15 is 0 Å². The fourth-order valence-electron chi connectivity index (χ4n) is 3.18. The number of benzene rings is 4. The van der Waals surface area contributed by atoms with E-state index in [9.17, 15) is 9.90 Å². The van der Waals surface area contributed by atoms with E-state index in [2.05, 4.69) is 24.3 Å². The van der Waals surface area contributed by atoms with Gasteiger partial charge in [0.05, 0.1) is 5.56 Å². The number of hydrogen-bond acceptors (Lipinski definition) is 1. The van der Waals surface area contributed by atoms with Gasteiger partial charge in [-0.2, -0.15) is 0 Å². The lowest BCUT2D eigenvalue weighted by Gasteiger charge is -2.12. The average molecular weight is 298 g/mol. The van der Waals surface area contributed by atoms with Crippen LogP contribution in [-0.4, -0.2) is 11.1 Å². The van der Waals surface area contributed by atoms with Gasteiger partial charge in [-0.05, 0) is 38.7 Å². The van der Waals surface area contributed by atoms with Gasteiger partial charge in [0.15, 0.2) is 0 Å². The average Bonchev–Trinajstić information content (AvgIpc) is 2.60. The molecule has 0 aliphatic carbocycles. The Hall–Kier alpha value is -3.13. The van der Waals surface area contributed by atoms with E-state index in [0.717, 1.165) is 21.9 Å². The smallest absolute Gasteiger partial charge is 0.336 e. The Kier molecular flexibility index (Phi) is 3.09. The van der Waals surface area contributed by atoms with Gasteiger partial charge in [0.25, 0.3) is 0 Å². The van der Waals surface area contributed by atoms with Crippen molar-refractivity contribution in [2.45, 2.75) is 0 Å². The van der Waals surface area contributed by atoms with Crippen molar-refractivity contribution in [1.29, 1.82) is 0 Å². The van der Waals surface area contributed by atoms with Crippen LogP contribution in [0.5, 0.6) is 0 Å². The molecular formula is C21H14O2. The Bertz CT molecular complexity index is 1040. The van der Waals surface area contributed by atoms with Crippen molar-refractivity contribution in [3.8, 4) is 11.1 Å². The van der Waals surface area contributed by atoms with Crippen LogP contribution in [0.15, 0.2) is 78.9 Å². The van der Waals surface area contributed by atoms with E-state index in [1.807, 2.05) is 48.5 Å². The summed E-state index contributed by atoms with van der Waals surface area (Å²) in [5.74, 6) is -0.898. The molecule has 0 saturated carbocycles. The van der Waals surface area contributed by atoms with Gasteiger partial charge in [0.2, 0.25) is 0 Å². The molecule has 23 heavy (non-hydrogen) atoms. The zero-order valence-electron chi connectivity index (χ0n) is 12.4. The first-order valence-corrected chi connectivity index (χ1v) is 7.49. The summed E-state index contributed by atoms with van der Waals surface area (Å²) in [4.78, 5) is 11.5. The summed E-state index contributed by atoms with van der Waals surface area (Å²) in [5, 5.41) is 13.5. The van der Waals surface area contributed by atoms with Crippen LogP contribution < -0.4 is 0 Å². The second kappa shape index (κ2) is 5.25. The third-order valence-electron chi connectivity index (χ3n) is 4.23. The Morgan fingerprint density at radius 2 is 1.22 bits per heavy atom. The first-order chi connectivity index (χ1) is 11.3. The third kappa shape index (κ3) is 2.16. The lowest BCUT2D eigenvalue weighted by molar-refractivity contribution is 0.0699. The Labute approximate surface area is 133 Å². The minimum Gasteiger partial charge on any atom is -0.478 e. The minimum absolute atomic E-state index is 0.338. The molecule has 0 aromatic heterocycles. The van der Waals surface area contributed by atoms with Crippen molar-refractivity contribution < 1.29 is 9.90 Å². The number of carboxylic acids is 1. The van der Waals surface area contributed by atoms with Gasteiger partial charge < -0.3 is 5.11 Å². The highest BCUT2D eigenvalue weighted by Crippen LogP contribution is 2.35. The fraction of sp³-hybridized carbons (Fsp3) is 0. The number of aromatic carboxylic acids is 1. The van der Waals surface area contributed by atoms with Gasteiger partial charge in [0, 0.05) is 0 Å². The number of hydrogen-bond donors (Lipinski definition) is 1. The van der Waals surface area contributed by atoms with Gasteiger partial charge in [-0.25, -0.2) is 4.79 Å². The van der Waals surface area contributed by atoms with Gasteiger partial charge in [-0.1, -0.05) is 72.8 Å². The molecule has 4 aromatic carbocycles. The van der Waals surface area contributed by atoms with Crippen molar-refractivity contribution in [2.24, 2.45) is 0 Å². The zero-order valence-corrected chi connectivity index (χ0v) is 12.4. The molecule has 0 aliphatic rings. The molecule has 0 fully saturated rings. The molecule has 0 bridgehead atoms. The number of fused-ring (bicyclic) bond motifs is 2. The van der Waals surface area contributed by atoms with Crippen LogP contribution in [-0.2, 0) is 0 Å². The van der Waals surface area contributed by atoms with Crippen LogP contribution in [0.3, 0.4) is 0 Å². The van der Waals surface area contributed by atoms with Crippen molar-refractivity contribution in [3.05, 3.63) is 84.4 Å². The molecule has 0 atom stereocenters. The van der Waals surface area contributed by atoms with Crippen molar-refractivity contribution >= 4 is 27.5 Å². The van der Waals surface area contributed by atoms with Crippen LogP contribution in [0.1, 0.15) is 10.4 Å². The summed E-state index contributed by atoms with van der Waals surface area (Å²) >= 11 is 0. The molecular weight excluding hydrogens is 284 g/mol. The predicted octanol–water partition coefficient (Wildman–Crippen LogP) is 5.36. The summed E-state index contributed by atoms with van der Waals surface area (Å²) in [6.45, 7) is 0. The van der Waals surface area contributed by atoms with Gasteiger partial charge in [0.1, 0.15) is 0 Å². The molecule has 4 aromatic rings. The van der Waals surface area contributed by atoms with Crippen LogP contribution in [0.4, 0.5) is 0 Å². The molecule has 1 N–H and O–H groups in total. The highest BCUT2D eigenvalue weighted by Gasteiger charge is 2.13. The van der Waals surface area contributed by atoms with Crippen molar-refractivity contribution in [2.75, 3.05) is 0 Å². The molecule has 0 saturated heterocycles. The summed E-state index contributed by atoms with van der Waals surface area (Å²) in [6, 6.07) is 25.7. The summed E-state index contributed by atoms with van der Waals surface area (Å²) in [5.41, 5.74) is 2.52.